The molecule has 0 aromatic heterocycles. The Kier molecular flexibility index (Phi) is 23.4. The minimum absolute atomic E-state index is 0.831. The molecule has 0 bridgehead atoms. The molecular formula is C45H75N3O33. The van der Waals surface area contributed by atoms with Crippen LogP contribution in [0.3, 0.4) is 0 Å². The van der Waals surface area contributed by atoms with Crippen LogP contribution in [0, 0.1) is 0 Å². The second kappa shape index (κ2) is 28.3. The highest BCUT2D eigenvalue weighted by Gasteiger charge is 2.61. The topological polar surface area (TPSA) is 570 Å². The number of carboxylic acid groups (broad SMARTS) is 1. The Labute approximate surface area is 459 Å². The molecule has 0 saturated carbocycles. The molecule has 3 amide bonds. The molecule has 0 aromatic carbocycles. The maximum atomic E-state index is 13.1. The quantitative estimate of drug-likeness (QED) is 0.0507. The maximum Gasteiger partial charge on any atom is 0.364 e. The molecular weight excluding hydrogens is 1110 g/mol. The highest BCUT2D eigenvalue weighted by atomic mass is 16.8. The van der Waals surface area contributed by atoms with Gasteiger partial charge in [-0.05, 0) is 6.92 Å². The Balaban J connectivity index is 1.30. The highest BCUT2D eigenvalue weighted by Crippen LogP contribution is 2.40. The number of aliphatic carboxylic acids is 1. The molecule has 6 saturated heterocycles. The lowest BCUT2D eigenvalue weighted by atomic mass is 9.88. The van der Waals surface area contributed by atoms with Crippen LogP contribution in [0.15, 0.2) is 0 Å². The zero-order valence-corrected chi connectivity index (χ0v) is 43.7. The van der Waals surface area contributed by atoms with Gasteiger partial charge in [-0.3, -0.25) is 14.4 Å². The Bertz CT molecular complexity index is 2070. The summed E-state index contributed by atoms with van der Waals surface area (Å²) in [7, 11) is 0. The molecule has 31 atom stereocenters. The van der Waals surface area contributed by atoms with E-state index in [0.717, 1.165) is 20.8 Å². The summed E-state index contributed by atoms with van der Waals surface area (Å²) in [6.45, 7) is -0.963. The third-order valence-corrected chi connectivity index (χ3v) is 14.5. The second-order valence-corrected chi connectivity index (χ2v) is 20.4. The van der Waals surface area contributed by atoms with Gasteiger partial charge in [-0.25, -0.2) is 4.79 Å². The Morgan fingerprint density at radius 3 is 1.57 bits per heavy atom. The molecule has 21 N–H and O–H groups in total. The lowest BCUT2D eigenvalue weighted by molar-refractivity contribution is -0.383. The van der Waals surface area contributed by atoms with Crippen LogP contribution in [-0.4, -0.2) is 338 Å². The number of hydrogen-bond donors (Lipinski definition) is 21. The molecule has 0 radical (unpaired) electrons. The average molecular weight is 1190 g/mol. The van der Waals surface area contributed by atoms with E-state index in [2.05, 4.69) is 16.0 Å². The standard InChI is InChI=1S/C45H75N3O33/c1-11-24(58)29(63)31(65)41(72-11)79-37-23(48-14(4)55)40(76-19(9-52)34(37)77-42-32(66)30(64)26(60)17(7-50)74-42)71-10-20-28(62)35(22(39(68)73-20)47-13(3)54)78-43-33(67)38(27(61)18(8-51)75-43)81-45(44(69)70)5-15(56)21(46-12(2)53)36(80-45)25(59)16(57)6-49/h11,15-43,49-52,56-68H,5-10H2,1-4H3,(H,46,53)(H,47,54)(H,48,55)(H,69,70)/t11-,15-,16+,17+,18+,19+,20+,21+,22+,23+,24+,25+,26-,27-,28-,29+,30-,31-,32+,33+,34+,35+,36+,37+,38-,39+,40+,41-,42-,43-,45-/m0/s1. The predicted molar refractivity (Wildman–Crippen MR) is 250 cm³/mol. The van der Waals surface area contributed by atoms with Gasteiger partial charge < -0.3 is 160 Å². The van der Waals surface area contributed by atoms with Crippen LogP contribution >= 0.6 is 0 Å². The van der Waals surface area contributed by atoms with Gasteiger partial charge in [0.05, 0.1) is 51.3 Å². The molecule has 81 heavy (non-hydrogen) atoms. The molecule has 0 spiro atoms. The van der Waals surface area contributed by atoms with Crippen LogP contribution in [-0.2, 0) is 71.3 Å². The highest BCUT2D eigenvalue weighted by molar-refractivity contribution is 5.77. The van der Waals surface area contributed by atoms with Crippen molar-refractivity contribution in [2.75, 3.05) is 33.0 Å². The first kappa shape index (κ1) is 66.9. The minimum atomic E-state index is -3.22. The lowest BCUT2D eigenvalue weighted by Crippen LogP contribution is -2.71. The van der Waals surface area contributed by atoms with Crippen molar-refractivity contribution in [1.82, 2.24) is 16.0 Å². The van der Waals surface area contributed by atoms with Crippen LogP contribution in [0.5, 0.6) is 0 Å². The number of aliphatic hydroxyl groups excluding tert-OH is 17. The summed E-state index contributed by atoms with van der Waals surface area (Å²) in [5.74, 6) is -7.88. The number of ether oxygens (including phenoxy) is 11. The number of carbonyl (C=O) groups is 4. The van der Waals surface area contributed by atoms with Crippen molar-refractivity contribution in [3.63, 3.8) is 0 Å². The maximum absolute atomic E-state index is 13.1. The van der Waals surface area contributed by atoms with E-state index in [9.17, 15) is 111 Å². The molecule has 6 aliphatic rings. The molecule has 6 heterocycles. The lowest BCUT2D eigenvalue weighted by Gasteiger charge is -2.51. The number of aliphatic hydroxyl groups is 17. The van der Waals surface area contributed by atoms with E-state index in [-0.39, 0.29) is 0 Å². The smallest absolute Gasteiger partial charge is 0.364 e. The average Bonchev–Trinajstić information content (AvgIpc) is 3.59. The molecule has 36 heteroatoms. The van der Waals surface area contributed by atoms with E-state index in [1.807, 2.05) is 0 Å². The van der Waals surface area contributed by atoms with Crippen LogP contribution in [0.1, 0.15) is 34.1 Å². The summed E-state index contributed by atoms with van der Waals surface area (Å²) in [6, 6.07) is -5.25. The van der Waals surface area contributed by atoms with Gasteiger partial charge in [-0.2, -0.15) is 0 Å². The second-order valence-electron chi connectivity index (χ2n) is 20.4. The fourth-order valence-electron chi connectivity index (χ4n) is 10.3. The summed E-state index contributed by atoms with van der Waals surface area (Å²) in [5, 5.41) is 201. The van der Waals surface area contributed by atoms with Gasteiger partial charge in [-0.1, -0.05) is 0 Å². The monoisotopic (exact) mass is 1190 g/mol. The molecule has 6 fully saturated rings. The minimum Gasteiger partial charge on any atom is -0.477 e. The first-order valence-electron chi connectivity index (χ1n) is 25.6. The van der Waals surface area contributed by atoms with Crippen molar-refractivity contribution in [3.05, 3.63) is 0 Å². The van der Waals surface area contributed by atoms with Crippen molar-refractivity contribution in [1.29, 1.82) is 0 Å². The Morgan fingerprint density at radius 1 is 0.531 bits per heavy atom. The third kappa shape index (κ3) is 14.7. The number of nitrogens with one attached hydrogen (secondary N) is 3. The number of hydrogen-bond acceptors (Lipinski definition) is 32. The molecule has 6 rings (SSSR count). The van der Waals surface area contributed by atoms with E-state index in [0.29, 0.717) is 0 Å². The largest absolute Gasteiger partial charge is 0.477 e. The fourth-order valence-corrected chi connectivity index (χ4v) is 10.3. The summed E-state index contributed by atoms with van der Waals surface area (Å²) in [5.41, 5.74) is 0. The molecule has 0 unspecified atom stereocenters. The Hall–Kier alpha value is -3.24. The number of carboxylic acids is 1. The van der Waals surface area contributed by atoms with Gasteiger partial charge in [0.2, 0.25) is 17.7 Å². The predicted octanol–water partition coefficient (Wildman–Crippen LogP) is -13.4. The van der Waals surface area contributed by atoms with Crippen molar-refractivity contribution in [2.45, 2.75) is 224 Å². The van der Waals surface area contributed by atoms with E-state index in [1.54, 1.807) is 0 Å². The zero-order valence-electron chi connectivity index (χ0n) is 43.7. The van der Waals surface area contributed by atoms with Crippen molar-refractivity contribution in [3.8, 4) is 0 Å². The molecule has 0 aromatic rings. The first-order valence-corrected chi connectivity index (χ1v) is 25.6. The summed E-state index contributed by atoms with van der Waals surface area (Å²) in [4.78, 5) is 50.6. The van der Waals surface area contributed by atoms with Crippen LogP contribution in [0.25, 0.3) is 0 Å². The van der Waals surface area contributed by atoms with Gasteiger partial charge >= 0.3 is 5.97 Å². The van der Waals surface area contributed by atoms with Gasteiger partial charge in [0, 0.05) is 27.2 Å². The number of carbonyl (C=O) groups excluding carboxylic acids is 3. The Morgan fingerprint density at radius 2 is 1.01 bits per heavy atom. The van der Waals surface area contributed by atoms with Gasteiger partial charge in [0.1, 0.15) is 134 Å². The number of amides is 3. The zero-order chi connectivity index (χ0) is 60.3. The van der Waals surface area contributed by atoms with Crippen LogP contribution in [0.2, 0.25) is 0 Å². The van der Waals surface area contributed by atoms with E-state index in [4.69, 9.17) is 52.1 Å². The molecule has 0 aliphatic carbocycles. The summed E-state index contributed by atoms with van der Waals surface area (Å²) in [6.07, 6.45) is -54.6. The summed E-state index contributed by atoms with van der Waals surface area (Å²) < 4.78 is 63.9. The first-order chi connectivity index (χ1) is 38.0. The van der Waals surface area contributed by atoms with E-state index in [1.165, 1.54) is 6.92 Å². The SMILES string of the molecule is CC(=O)N[C@@H]1[C@@H](O[C@@H]2O[C@H](CO)[C@H](O)[C@H](O[C@]3(C(=O)O)C[C@H](O)[C@@H](NC(C)=O)[C@H]([C@H](O)[C@H](O)CO)O3)[C@H]2O)[C@@H](O)[C@@H](CO[C@@H]2O[C@H](CO)[C@@H](O[C@@H]3O[C@H](CO)[C@H](O)[C@H](O)[C@H]3O)[C@H](O[C@@H]3O[C@@H](C)[C@@H](O)[C@@H](O)[C@@H]3O)[C@H]2NC(C)=O)O[C@H]1O. The van der Waals surface area contributed by atoms with Gasteiger partial charge in [0.15, 0.2) is 31.5 Å². The van der Waals surface area contributed by atoms with Crippen molar-refractivity contribution in [2.24, 2.45) is 0 Å². The third-order valence-electron chi connectivity index (χ3n) is 14.5. The van der Waals surface area contributed by atoms with Crippen molar-refractivity contribution >= 4 is 23.7 Å². The molecule has 468 valence electrons. The van der Waals surface area contributed by atoms with E-state index >= 15 is 0 Å². The normalized spacial score (nSPS) is 46.7. The van der Waals surface area contributed by atoms with Gasteiger partial charge in [-0.15, -0.1) is 0 Å². The number of rotatable bonds is 21. The van der Waals surface area contributed by atoms with Gasteiger partial charge in [0.25, 0.3) is 5.79 Å². The van der Waals surface area contributed by atoms with Crippen LogP contribution < -0.4 is 16.0 Å². The fraction of sp³-hybridized carbons (Fsp3) is 0.911. The molecule has 36 nitrogen and oxygen atoms in total. The molecule has 6 aliphatic heterocycles. The summed E-state index contributed by atoms with van der Waals surface area (Å²) >= 11 is 0. The van der Waals surface area contributed by atoms with Crippen molar-refractivity contribution < 1.29 is 163 Å². The van der Waals surface area contributed by atoms with E-state index < -0.39 is 253 Å². The van der Waals surface area contributed by atoms with Crippen LogP contribution in [0.4, 0.5) is 0 Å².